The zero-order valence-corrected chi connectivity index (χ0v) is 14.6. The van der Waals surface area contributed by atoms with E-state index in [1.165, 1.54) is 24.0 Å². The Kier molecular flexibility index (Phi) is 4.76. The van der Waals surface area contributed by atoms with Crippen LogP contribution in [0.5, 0.6) is 0 Å². The number of fused-ring (bicyclic) bond motifs is 1. The molecule has 25 heavy (non-hydrogen) atoms. The molecule has 1 aliphatic heterocycles. The number of rotatable bonds is 5. The van der Waals surface area contributed by atoms with Crippen LogP contribution in [0.1, 0.15) is 24.0 Å². The first-order chi connectivity index (χ1) is 12.3. The molecule has 2 heterocycles. The highest BCUT2D eigenvalue weighted by molar-refractivity contribution is 5.76. The number of likely N-dealkylation sites (N-methyl/N-ethyl adjacent to an activating group) is 1. The van der Waals surface area contributed by atoms with E-state index < -0.39 is 0 Å². The highest BCUT2D eigenvalue weighted by Crippen LogP contribution is 2.21. The van der Waals surface area contributed by atoms with Gasteiger partial charge in [0, 0.05) is 25.7 Å². The maximum atomic E-state index is 4.89. The van der Waals surface area contributed by atoms with Crippen molar-refractivity contribution in [1.82, 2.24) is 20.1 Å². The van der Waals surface area contributed by atoms with Crippen LogP contribution in [0.15, 0.2) is 53.2 Å². The summed E-state index contributed by atoms with van der Waals surface area (Å²) in [4.78, 5) is 5.01. The Morgan fingerprint density at radius 3 is 2.88 bits per heavy atom. The fraction of sp³-hybridized carbons (Fsp3) is 0.400. The maximum absolute atomic E-state index is 4.89. The van der Waals surface area contributed by atoms with Crippen molar-refractivity contribution in [3.8, 4) is 0 Å². The molecule has 1 aromatic heterocycles. The van der Waals surface area contributed by atoms with Crippen molar-refractivity contribution >= 4 is 11.0 Å². The molecule has 1 atom stereocenters. The molecule has 0 amide bonds. The van der Waals surface area contributed by atoms with E-state index in [1.807, 2.05) is 12.1 Å². The molecule has 2 aromatic carbocycles. The highest BCUT2D eigenvalue weighted by atomic mass is 16.6. The molecule has 0 radical (unpaired) electrons. The van der Waals surface area contributed by atoms with E-state index in [4.69, 9.17) is 4.63 Å². The first kappa shape index (κ1) is 16.2. The third-order valence-electron chi connectivity index (χ3n) is 5.14. The molecule has 0 saturated carbocycles. The van der Waals surface area contributed by atoms with Crippen molar-refractivity contribution in [3.05, 3.63) is 59.7 Å². The Morgan fingerprint density at radius 1 is 1.12 bits per heavy atom. The van der Waals surface area contributed by atoms with Crippen molar-refractivity contribution in [2.24, 2.45) is 0 Å². The molecule has 1 fully saturated rings. The molecular formula is C20H24N4O. The van der Waals surface area contributed by atoms with Crippen LogP contribution < -0.4 is 0 Å². The van der Waals surface area contributed by atoms with Crippen LogP contribution in [-0.2, 0) is 13.1 Å². The summed E-state index contributed by atoms with van der Waals surface area (Å²) in [6.07, 6.45) is 2.49. The molecule has 0 aliphatic carbocycles. The van der Waals surface area contributed by atoms with E-state index in [0.717, 1.165) is 37.2 Å². The number of nitrogens with zero attached hydrogens (tertiary/aromatic N) is 4. The smallest absolute Gasteiger partial charge is 0.139 e. The lowest BCUT2D eigenvalue weighted by Crippen LogP contribution is -2.45. The largest absolute Gasteiger partial charge is 0.298 e. The molecule has 130 valence electrons. The summed E-state index contributed by atoms with van der Waals surface area (Å²) in [7, 11) is 2.24. The summed E-state index contributed by atoms with van der Waals surface area (Å²) in [5.41, 5.74) is 4.31. The predicted molar refractivity (Wildman–Crippen MR) is 98.0 cm³/mol. The zero-order chi connectivity index (χ0) is 17.1. The third kappa shape index (κ3) is 3.72. The molecule has 4 rings (SSSR count). The van der Waals surface area contributed by atoms with Crippen LogP contribution in [-0.4, -0.2) is 46.3 Å². The van der Waals surface area contributed by atoms with Crippen LogP contribution in [0.3, 0.4) is 0 Å². The van der Waals surface area contributed by atoms with E-state index in [2.05, 4.69) is 63.6 Å². The zero-order valence-electron chi connectivity index (χ0n) is 14.6. The van der Waals surface area contributed by atoms with Crippen molar-refractivity contribution in [1.29, 1.82) is 0 Å². The van der Waals surface area contributed by atoms with Crippen molar-refractivity contribution in [2.75, 3.05) is 20.1 Å². The second kappa shape index (κ2) is 7.33. The lowest BCUT2D eigenvalue weighted by Gasteiger charge is -2.37. The Bertz CT molecular complexity index is 817. The second-order valence-corrected chi connectivity index (χ2v) is 6.98. The maximum Gasteiger partial charge on any atom is 0.139 e. The quantitative estimate of drug-likeness (QED) is 0.715. The van der Waals surface area contributed by atoms with Gasteiger partial charge < -0.3 is 0 Å². The van der Waals surface area contributed by atoms with E-state index in [0.29, 0.717) is 6.04 Å². The molecular weight excluding hydrogens is 312 g/mol. The van der Waals surface area contributed by atoms with E-state index in [-0.39, 0.29) is 0 Å². The molecule has 1 aliphatic rings. The van der Waals surface area contributed by atoms with Crippen molar-refractivity contribution in [3.63, 3.8) is 0 Å². The molecule has 5 nitrogen and oxygen atoms in total. The van der Waals surface area contributed by atoms with Gasteiger partial charge in [-0.2, -0.15) is 0 Å². The molecule has 0 unspecified atom stereocenters. The summed E-state index contributed by atoms with van der Waals surface area (Å²) in [5, 5.41) is 8.02. The van der Waals surface area contributed by atoms with Crippen LogP contribution in [0.2, 0.25) is 0 Å². The lowest BCUT2D eigenvalue weighted by atomic mass is 10.0. The number of aromatic nitrogens is 2. The van der Waals surface area contributed by atoms with E-state index >= 15 is 0 Å². The first-order valence-electron chi connectivity index (χ1n) is 8.96. The summed E-state index contributed by atoms with van der Waals surface area (Å²) in [6, 6.07) is 17.4. The Labute approximate surface area is 148 Å². The number of benzene rings is 2. The summed E-state index contributed by atoms with van der Waals surface area (Å²) >= 11 is 0. The molecule has 0 bridgehead atoms. The van der Waals surface area contributed by atoms with E-state index in [9.17, 15) is 0 Å². The third-order valence-corrected chi connectivity index (χ3v) is 5.14. The Balaban J connectivity index is 1.41. The van der Waals surface area contributed by atoms with Gasteiger partial charge in [-0.25, -0.2) is 4.63 Å². The van der Waals surface area contributed by atoms with Gasteiger partial charge in [0.25, 0.3) is 0 Å². The normalized spacial score (nSPS) is 18.9. The Hall–Kier alpha value is -2.24. The van der Waals surface area contributed by atoms with Gasteiger partial charge in [0.15, 0.2) is 0 Å². The summed E-state index contributed by atoms with van der Waals surface area (Å²) < 4.78 is 4.89. The van der Waals surface area contributed by atoms with Crippen LogP contribution in [0.25, 0.3) is 11.0 Å². The van der Waals surface area contributed by atoms with Crippen LogP contribution >= 0.6 is 0 Å². The minimum Gasteiger partial charge on any atom is -0.298 e. The number of hydrogen-bond acceptors (Lipinski definition) is 5. The molecule has 1 saturated heterocycles. The first-order valence-corrected chi connectivity index (χ1v) is 8.96. The van der Waals surface area contributed by atoms with Gasteiger partial charge in [0.2, 0.25) is 0 Å². The topological polar surface area (TPSA) is 45.4 Å². The Morgan fingerprint density at radius 2 is 2.00 bits per heavy atom. The highest BCUT2D eigenvalue weighted by Gasteiger charge is 2.24. The van der Waals surface area contributed by atoms with Gasteiger partial charge in [-0.1, -0.05) is 42.5 Å². The van der Waals surface area contributed by atoms with Gasteiger partial charge in [-0.05, 0) is 53.9 Å². The minimum absolute atomic E-state index is 0.587. The monoisotopic (exact) mass is 336 g/mol. The van der Waals surface area contributed by atoms with Gasteiger partial charge >= 0.3 is 0 Å². The number of hydrogen-bond donors (Lipinski definition) is 0. The van der Waals surface area contributed by atoms with Gasteiger partial charge in [0.1, 0.15) is 11.0 Å². The second-order valence-electron chi connectivity index (χ2n) is 6.98. The molecule has 0 spiro atoms. The van der Waals surface area contributed by atoms with Crippen molar-refractivity contribution in [2.45, 2.75) is 32.0 Å². The standard InChI is InChI=1S/C20H24N4O/c1-23(13-16-7-3-2-4-8-16)18-10-6-12-24(15-18)14-17-9-5-11-19-20(17)22-25-21-19/h2-5,7-9,11,18H,6,10,12-15H2,1H3/t18-/m0/s1. The van der Waals surface area contributed by atoms with Gasteiger partial charge in [-0.3, -0.25) is 9.80 Å². The summed E-state index contributed by atoms with van der Waals surface area (Å²) in [5.74, 6) is 0. The number of piperidine rings is 1. The van der Waals surface area contributed by atoms with Gasteiger partial charge in [-0.15, -0.1) is 0 Å². The fourth-order valence-corrected chi connectivity index (χ4v) is 3.77. The molecule has 5 heteroatoms. The van der Waals surface area contributed by atoms with E-state index in [1.54, 1.807) is 0 Å². The molecule has 3 aromatic rings. The minimum atomic E-state index is 0.587. The predicted octanol–water partition coefficient (Wildman–Crippen LogP) is 3.32. The van der Waals surface area contributed by atoms with Crippen LogP contribution in [0, 0.1) is 0 Å². The lowest BCUT2D eigenvalue weighted by molar-refractivity contribution is 0.107. The fourth-order valence-electron chi connectivity index (χ4n) is 3.77. The van der Waals surface area contributed by atoms with Gasteiger partial charge in [0.05, 0.1) is 0 Å². The average molecular weight is 336 g/mol. The average Bonchev–Trinajstić information content (AvgIpc) is 3.13. The van der Waals surface area contributed by atoms with Crippen LogP contribution in [0.4, 0.5) is 0 Å². The SMILES string of the molecule is CN(Cc1ccccc1)[C@H]1CCCN(Cc2cccc3nonc23)C1. The van der Waals surface area contributed by atoms with Crippen molar-refractivity contribution < 1.29 is 4.63 Å². The molecule has 0 N–H and O–H groups in total. The summed E-state index contributed by atoms with van der Waals surface area (Å²) in [6.45, 7) is 4.13. The number of likely N-dealkylation sites (tertiary alicyclic amines) is 1.